The van der Waals surface area contributed by atoms with Gasteiger partial charge < -0.3 is 5.32 Å². The van der Waals surface area contributed by atoms with E-state index in [0.717, 1.165) is 16.1 Å². The Labute approximate surface area is 160 Å². The summed E-state index contributed by atoms with van der Waals surface area (Å²) in [6, 6.07) is 15.4. The van der Waals surface area contributed by atoms with Crippen LogP contribution in [0.25, 0.3) is 0 Å². The molecule has 0 aliphatic heterocycles. The van der Waals surface area contributed by atoms with Crippen LogP contribution in [0.5, 0.6) is 0 Å². The Balaban J connectivity index is 2.13. The molecule has 1 N–H and O–H groups in total. The van der Waals surface area contributed by atoms with E-state index in [-0.39, 0.29) is 11.8 Å². The summed E-state index contributed by atoms with van der Waals surface area (Å²) in [7, 11) is -3.66. The van der Waals surface area contributed by atoms with Crippen molar-refractivity contribution in [3.63, 3.8) is 0 Å². The molecule has 0 fully saturated rings. The van der Waals surface area contributed by atoms with Crippen LogP contribution < -0.4 is 9.62 Å². The van der Waals surface area contributed by atoms with Crippen molar-refractivity contribution in [1.82, 2.24) is 5.32 Å². The number of carbonyl (C=O) groups excluding carboxylic acids is 1. The summed E-state index contributed by atoms with van der Waals surface area (Å²) in [4.78, 5) is 12.6. The molecular formula is C19H23ClN2O3S. The first-order valence-corrected chi connectivity index (χ1v) is 10.5. The van der Waals surface area contributed by atoms with E-state index >= 15 is 0 Å². The summed E-state index contributed by atoms with van der Waals surface area (Å²) in [5.41, 5.74) is 1.47. The maximum atomic E-state index is 12.6. The molecule has 0 aliphatic carbocycles. The molecule has 0 aromatic heterocycles. The molecule has 5 nitrogen and oxygen atoms in total. The van der Waals surface area contributed by atoms with Crippen molar-refractivity contribution in [2.24, 2.45) is 0 Å². The van der Waals surface area contributed by atoms with Gasteiger partial charge in [-0.15, -0.1) is 0 Å². The first-order valence-electron chi connectivity index (χ1n) is 8.27. The van der Waals surface area contributed by atoms with Crippen LogP contribution in [-0.4, -0.2) is 33.2 Å². The summed E-state index contributed by atoms with van der Waals surface area (Å²) >= 11 is 5.97. The number of sulfonamides is 1. The lowest BCUT2D eigenvalue weighted by atomic mass is 10.0. The van der Waals surface area contributed by atoms with Gasteiger partial charge in [-0.2, -0.15) is 0 Å². The minimum atomic E-state index is -3.66. The summed E-state index contributed by atoms with van der Waals surface area (Å²) in [5.74, 6) is -0.247. The Morgan fingerprint density at radius 1 is 1.12 bits per heavy atom. The van der Waals surface area contributed by atoms with Gasteiger partial charge >= 0.3 is 0 Å². The molecule has 7 heteroatoms. The molecule has 0 saturated carbocycles. The summed E-state index contributed by atoms with van der Waals surface area (Å²) < 4.78 is 25.6. The molecule has 2 aromatic rings. The van der Waals surface area contributed by atoms with Crippen LogP contribution in [0.3, 0.4) is 0 Å². The molecule has 0 bridgehead atoms. The molecule has 2 atom stereocenters. The van der Waals surface area contributed by atoms with Gasteiger partial charge in [0.2, 0.25) is 15.9 Å². The molecule has 2 aromatic carbocycles. The molecule has 1 amide bonds. The fourth-order valence-corrected chi connectivity index (χ4v) is 4.07. The highest BCUT2D eigenvalue weighted by Crippen LogP contribution is 2.24. The number of amides is 1. The number of nitrogens with one attached hydrogen (secondary N) is 1. The Morgan fingerprint density at radius 2 is 1.77 bits per heavy atom. The predicted molar refractivity (Wildman–Crippen MR) is 106 cm³/mol. The highest BCUT2D eigenvalue weighted by Gasteiger charge is 2.29. The van der Waals surface area contributed by atoms with Gasteiger partial charge in [0.25, 0.3) is 0 Å². The Bertz CT molecular complexity index is 856. The van der Waals surface area contributed by atoms with Gasteiger partial charge in [-0.1, -0.05) is 54.9 Å². The van der Waals surface area contributed by atoms with Gasteiger partial charge in [0.05, 0.1) is 11.9 Å². The Hall–Kier alpha value is -2.05. The van der Waals surface area contributed by atoms with Gasteiger partial charge in [-0.25, -0.2) is 8.42 Å². The second-order valence-corrected chi connectivity index (χ2v) is 8.57. The van der Waals surface area contributed by atoms with Crippen LogP contribution in [0.1, 0.15) is 25.3 Å². The quantitative estimate of drug-likeness (QED) is 0.782. The number of benzene rings is 2. The van der Waals surface area contributed by atoms with E-state index < -0.39 is 16.1 Å². The second kappa shape index (κ2) is 8.56. The van der Waals surface area contributed by atoms with Crippen molar-refractivity contribution in [1.29, 1.82) is 0 Å². The van der Waals surface area contributed by atoms with Gasteiger partial charge in [-0.3, -0.25) is 9.10 Å². The minimum Gasteiger partial charge on any atom is -0.354 e. The third-order valence-corrected chi connectivity index (χ3v) is 5.58. The van der Waals surface area contributed by atoms with E-state index in [0.29, 0.717) is 17.3 Å². The lowest BCUT2D eigenvalue weighted by Gasteiger charge is -2.28. The highest BCUT2D eigenvalue weighted by atomic mass is 35.5. The predicted octanol–water partition coefficient (Wildman–Crippen LogP) is 3.41. The van der Waals surface area contributed by atoms with Crippen LogP contribution in [0.15, 0.2) is 54.6 Å². The fraction of sp³-hybridized carbons (Fsp3) is 0.316. The Kier molecular flexibility index (Phi) is 6.67. The standard InChI is InChI=1S/C19H23ClN2O3S/c1-14(16-8-5-4-6-9-16)13-21-19(23)15(2)22(26(3,24)25)18-11-7-10-17(20)12-18/h4-12,14-15H,13H2,1-3H3,(H,21,23)/t14-,15-/m1/s1. The summed E-state index contributed by atoms with van der Waals surface area (Å²) in [6.07, 6.45) is 1.07. The topological polar surface area (TPSA) is 66.5 Å². The van der Waals surface area contributed by atoms with Gasteiger partial charge in [-0.05, 0) is 36.6 Å². The van der Waals surface area contributed by atoms with Crippen molar-refractivity contribution in [3.05, 3.63) is 65.2 Å². The highest BCUT2D eigenvalue weighted by molar-refractivity contribution is 7.92. The van der Waals surface area contributed by atoms with E-state index in [1.165, 1.54) is 6.07 Å². The number of hydrogen-bond acceptors (Lipinski definition) is 3. The normalized spacial score (nSPS) is 13.7. The van der Waals surface area contributed by atoms with Crippen molar-refractivity contribution >= 4 is 33.2 Å². The van der Waals surface area contributed by atoms with Crippen LogP contribution in [0.4, 0.5) is 5.69 Å². The van der Waals surface area contributed by atoms with Crippen molar-refractivity contribution in [2.75, 3.05) is 17.1 Å². The third-order valence-electron chi connectivity index (χ3n) is 4.10. The third kappa shape index (κ3) is 5.22. The van der Waals surface area contributed by atoms with E-state index in [1.54, 1.807) is 25.1 Å². The molecule has 26 heavy (non-hydrogen) atoms. The average molecular weight is 395 g/mol. The zero-order valence-corrected chi connectivity index (χ0v) is 16.6. The van der Waals surface area contributed by atoms with Crippen LogP contribution >= 0.6 is 11.6 Å². The molecule has 0 saturated heterocycles. The zero-order chi connectivity index (χ0) is 19.3. The minimum absolute atomic E-state index is 0.116. The molecule has 140 valence electrons. The Morgan fingerprint density at radius 3 is 2.35 bits per heavy atom. The smallest absolute Gasteiger partial charge is 0.243 e. The number of anilines is 1. The maximum Gasteiger partial charge on any atom is 0.243 e. The van der Waals surface area contributed by atoms with Crippen LogP contribution in [0, 0.1) is 0 Å². The monoisotopic (exact) mass is 394 g/mol. The van der Waals surface area contributed by atoms with Gasteiger partial charge in [0, 0.05) is 11.6 Å². The molecule has 0 heterocycles. The first kappa shape index (κ1) is 20.3. The van der Waals surface area contributed by atoms with Crippen molar-refractivity contribution < 1.29 is 13.2 Å². The van der Waals surface area contributed by atoms with E-state index in [4.69, 9.17) is 11.6 Å². The van der Waals surface area contributed by atoms with E-state index in [9.17, 15) is 13.2 Å². The van der Waals surface area contributed by atoms with Crippen molar-refractivity contribution in [3.8, 4) is 0 Å². The average Bonchev–Trinajstić information content (AvgIpc) is 2.59. The van der Waals surface area contributed by atoms with E-state index in [1.807, 2.05) is 37.3 Å². The van der Waals surface area contributed by atoms with Gasteiger partial charge in [0.15, 0.2) is 0 Å². The second-order valence-electron chi connectivity index (χ2n) is 6.27. The first-order chi connectivity index (χ1) is 12.2. The summed E-state index contributed by atoms with van der Waals surface area (Å²) in [5, 5.41) is 3.24. The number of rotatable bonds is 7. The van der Waals surface area contributed by atoms with Crippen molar-refractivity contribution in [2.45, 2.75) is 25.8 Å². The molecule has 0 spiro atoms. The zero-order valence-electron chi connectivity index (χ0n) is 15.0. The maximum absolute atomic E-state index is 12.6. The van der Waals surface area contributed by atoms with Crippen LogP contribution in [0.2, 0.25) is 5.02 Å². The SMILES string of the molecule is C[C@H](CNC(=O)[C@@H](C)N(c1cccc(Cl)c1)S(C)(=O)=O)c1ccccc1. The number of nitrogens with zero attached hydrogens (tertiary/aromatic N) is 1. The summed E-state index contributed by atoms with van der Waals surface area (Å²) in [6.45, 7) is 3.98. The largest absolute Gasteiger partial charge is 0.354 e. The lowest BCUT2D eigenvalue weighted by molar-refractivity contribution is -0.121. The molecule has 0 unspecified atom stereocenters. The molecule has 0 radical (unpaired) electrons. The lowest BCUT2D eigenvalue weighted by Crippen LogP contribution is -2.48. The molecule has 0 aliphatic rings. The number of carbonyl (C=O) groups is 1. The molecular weight excluding hydrogens is 372 g/mol. The van der Waals surface area contributed by atoms with Gasteiger partial charge in [0.1, 0.15) is 6.04 Å². The number of halogens is 1. The fourth-order valence-electron chi connectivity index (χ4n) is 2.72. The molecule has 2 rings (SSSR count). The van der Waals surface area contributed by atoms with Crippen LogP contribution in [-0.2, 0) is 14.8 Å². The number of hydrogen-bond donors (Lipinski definition) is 1. The van der Waals surface area contributed by atoms with E-state index in [2.05, 4.69) is 5.32 Å².